The zero-order valence-electron chi connectivity index (χ0n) is 11.3. The summed E-state index contributed by atoms with van der Waals surface area (Å²) < 4.78 is 10.6. The number of carboxylic acids is 1. The molecule has 1 unspecified atom stereocenters. The van der Waals surface area contributed by atoms with E-state index in [9.17, 15) is 4.79 Å². The van der Waals surface area contributed by atoms with Gasteiger partial charge >= 0.3 is 5.97 Å². The van der Waals surface area contributed by atoms with Gasteiger partial charge in [0.05, 0.1) is 5.92 Å². The van der Waals surface area contributed by atoms with Crippen LogP contribution in [0.15, 0.2) is 18.2 Å². The SMILES string of the molecule is CC(CN(C)CCc1ccc2c(c1)OCO2)C(=O)O. The van der Waals surface area contributed by atoms with E-state index in [1.54, 1.807) is 6.92 Å². The first-order chi connectivity index (χ1) is 9.06. The first-order valence-corrected chi connectivity index (χ1v) is 6.36. The molecule has 1 atom stereocenters. The number of carboxylic acid groups (broad SMARTS) is 1. The Bertz CT molecular complexity index is 461. The van der Waals surface area contributed by atoms with E-state index in [0.717, 1.165) is 24.5 Å². The van der Waals surface area contributed by atoms with Gasteiger partial charge in [0.25, 0.3) is 0 Å². The maximum atomic E-state index is 10.8. The third-order valence-corrected chi connectivity index (χ3v) is 3.23. The summed E-state index contributed by atoms with van der Waals surface area (Å²) in [5.41, 5.74) is 1.17. The number of likely N-dealkylation sites (N-methyl/N-ethyl adjacent to an activating group) is 1. The van der Waals surface area contributed by atoms with E-state index < -0.39 is 5.97 Å². The molecule has 1 aromatic rings. The smallest absolute Gasteiger partial charge is 0.307 e. The number of nitrogens with zero attached hydrogens (tertiary/aromatic N) is 1. The second-order valence-electron chi connectivity index (χ2n) is 4.94. The van der Waals surface area contributed by atoms with Crippen molar-refractivity contribution in [3.8, 4) is 11.5 Å². The molecule has 5 nitrogen and oxygen atoms in total. The van der Waals surface area contributed by atoms with Gasteiger partial charge in [-0.3, -0.25) is 4.79 Å². The lowest BCUT2D eigenvalue weighted by atomic mass is 10.1. The van der Waals surface area contributed by atoms with Crippen LogP contribution in [0, 0.1) is 5.92 Å². The van der Waals surface area contributed by atoms with Crippen LogP contribution in [0.3, 0.4) is 0 Å². The summed E-state index contributed by atoms with van der Waals surface area (Å²) in [5.74, 6) is 0.479. The van der Waals surface area contributed by atoms with Crippen molar-refractivity contribution in [2.24, 2.45) is 5.92 Å². The molecule has 0 radical (unpaired) electrons. The average Bonchev–Trinajstić information content (AvgIpc) is 2.83. The largest absolute Gasteiger partial charge is 0.481 e. The zero-order valence-corrected chi connectivity index (χ0v) is 11.3. The second kappa shape index (κ2) is 5.93. The van der Waals surface area contributed by atoms with Gasteiger partial charge in [-0.15, -0.1) is 0 Å². The first kappa shape index (κ1) is 13.7. The van der Waals surface area contributed by atoms with Gasteiger partial charge in [-0.1, -0.05) is 13.0 Å². The third-order valence-electron chi connectivity index (χ3n) is 3.23. The first-order valence-electron chi connectivity index (χ1n) is 6.36. The van der Waals surface area contributed by atoms with Crippen LogP contribution in [-0.2, 0) is 11.2 Å². The number of carbonyl (C=O) groups is 1. The van der Waals surface area contributed by atoms with Crippen LogP contribution in [-0.4, -0.2) is 42.9 Å². The van der Waals surface area contributed by atoms with Gasteiger partial charge in [0.15, 0.2) is 11.5 Å². The van der Waals surface area contributed by atoms with Crippen molar-refractivity contribution in [2.45, 2.75) is 13.3 Å². The molecule has 1 heterocycles. The van der Waals surface area contributed by atoms with Gasteiger partial charge in [0.1, 0.15) is 0 Å². The Balaban J connectivity index is 1.83. The summed E-state index contributed by atoms with van der Waals surface area (Å²) in [6.45, 7) is 3.38. The predicted molar refractivity (Wildman–Crippen MR) is 70.6 cm³/mol. The van der Waals surface area contributed by atoms with E-state index >= 15 is 0 Å². The van der Waals surface area contributed by atoms with E-state index in [1.165, 1.54) is 5.56 Å². The van der Waals surface area contributed by atoms with E-state index in [0.29, 0.717) is 6.54 Å². The molecule has 2 rings (SSSR count). The fourth-order valence-corrected chi connectivity index (χ4v) is 2.05. The van der Waals surface area contributed by atoms with E-state index in [-0.39, 0.29) is 12.7 Å². The molecule has 5 heteroatoms. The molecular weight excluding hydrogens is 246 g/mol. The van der Waals surface area contributed by atoms with Gasteiger partial charge in [0.2, 0.25) is 6.79 Å². The van der Waals surface area contributed by atoms with Crippen LogP contribution in [0.25, 0.3) is 0 Å². The highest BCUT2D eigenvalue weighted by Gasteiger charge is 2.15. The number of benzene rings is 1. The number of hydrogen-bond donors (Lipinski definition) is 1. The topological polar surface area (TPSA) is 59.0 Å². The Labute approximate surface area is 112 Å². The number of rotatable bonds is 6. The zero-order chi connectivity index (χ0) is 13.8. The Hall–Kier alpha value is -1.75. The van der Waals surface area contributed by atoms with Gasteiger partial charge in [-0.05, 0) is 31.2 Å². The van der Waals surface area contributed by atoms with Crippen LogP contribution in [0.5, 0.6) is 11.5 Å². The summed E-state index contributed by atoms with van der Waals surface area (Å²) in [6.07, 6.45) is 0.861. The standard InChI is InChI=1S/C14H19NO4/c1-10(14(16)17)8-15(2)6-5-11-3-4-12-13(7-11)19-9-18-12/h3-4,7,10H,5-6,8-9H2,1-2H3,(H,16,17). The van der Waals surface area contributed by atoms with Gasteiger partial charge in [-0.2, -0.15) is 0 Å². The number of aliphatic carboxylic acids is 1. The molecule has 0 amide bonds. The Morgan fingerprint density at radius 2 is 2.16 bits per heavy atom. The van der Waals surface area contributed by atoms with E-state index in [2.05, 4.69) is 0 Å². The molecule has 1 aliphatic rings. The molecule has 19 heavy (non-hydrogen) atoms. The number of hydrogen-bond acceptors (Lipinski definition) is 4. The molecule has 104 valence electrons. The number of ether oxygens (including phenoxy) is 2. The highest BCUT2D eigenvalue weighted by Crippen LogP contribution is 2.32. The van der Waals surface area contributed by atoms with Crippen molar-refractivity contribution >= 4 is 5.97 Å². The summed E-state index contributed by atoms with van der Waals surface area (Å²) in [7, 11) is 1.94. The highest BCUT2D eigenvalue weighted by atomic mass is 16.7. The summed E-state index contributed by atoms with van der Waals surface area (Å²) in [4.78, 5) is 12.8. The van der Waals surface area contributed by atoms with Crippen molar-refractivity contribution in [3.05, 3.63) is 23.8 Å². The molecule has 0 saturated carbocycles. The van der Waals surface area contributed by atoms with Crippen LogP contribution in [0.2, 0.25) is 0 Å². The molecule has 1 N–H and O–H groups in total. The normalized spacial score (nSPS) is 14.7. The fourth-order valence-electron chi connectivity index (χ4n) is 2.05. The molecule has 1 aromatic carbocycles. The predicted octanol–water partition coefficient (Wildman–Crippen LogP) is 1.61. The molecule has 0 fully saturated rings. The molecule has 0 aliphatic carbocycles. The Kier molecular flexibility index (Phi) is 4.27. The fraction of sp³-hybridized carbons (Fsp3) is 0.500. The van der Waals surface area contributed by atoms with Crippen molar-refractivity contribution in [2.75, 3.05) is 26.9 Å². The maximum absolute atomic E-state index is 10.8. The van der Waals surface area contributed by atoms with Crippen LogP contribution < -0.4 is 9.47 Å². The van der Waals surface area contributed by atoms with Gasteiger partial charge in [0, 0.05) is 13.1 Å². The molecule has 0 spiro atoms. The average molecular weight is 265 g/mol. The van der Waals surface area contributed by atoms with E-state index in [1.807, 2.05) is 30.1 Å². The van der Waals surface area contributed by atoms with Crippen LogP contribution >= 0.6 is 0 Å². The van der Waals surface area contributed by atoms with E-state index in [4.69, 9.17) is 14.6 Å². The molecule has 0 aromatic heterocycles. The monoisotopic (exact) mass is 265 g/mol. The summed E-state index contributed by atoms with van der Waals surface area (Å²) in [5, 5.41) is 8.86. The lowest BCUT2D eigenvalue weighted by Gasteiger charge is -2.18. The van der Waals surface area contributed by atoms with Crippen molar-refractivity contribution in [1.29, 1.82) is 0 Å². The minimum Gasteiger partial charge on any atom is -0.481 e. The van der Waals surface area contributed by atoms with Crippen molar-refractivity contribution in [3.63, 3.8) is 0 Å². The highest BCUT2D eigenvalue weighted by molar-refractivity contribution is 5.69. The third kappa shape index (κ3) is 3.61. The number of fused-ring (bicyclic) bond motifs is 1. The van der Waals surface area contributed by atoms with Gasteiger partial charge in [-0.25, -0.2) is 0 Å². The van der Waals surface area contributed by atoms with Gasteiger partial charge < -0.3 is 19.5 Å². The Morgan fingerprint density at radius 3 is 2.89 bits per heavy atom. The van der Waals surface area contributed by atoms with Crippen molar-refractivity contribution < 1.29 is 19.4 Å². The molecular formula is C14H19NO4. The lowest BCUT2D eigenvalue weighted by molar-refractivity contribution is -0.141. The van der Waals surface area contributed by atoms with Crippen molar-refractivity contribution in [1.82, 2.24) is 4.90 Å². The van der Waals surface area contributed by atoms with Crippen LogP contribution in [0.4, 0.5) is 0 Å². The minimum atomic E-state index is -0.755. The molecule has 0 saturated heterocycles. The lowest BCUT2D eigenvalue weighted by Crippen LogP contribution is -2.30. The Morgan fingerprint density at radius 1 is 1.42 bits per heavy atom. The quantitative estimate of drug-likeness (QED) is 0.846. The summed E-state index contributed by atoms with van der Waals surface area (Å²) >= 11 is 0. The maximum Gasteiger partial charge on any atom is 0.307 e. The molecule has 1 aliphatic heterocycles. The summed E-state index contributed by atoms with van der Waals surface area (Å²) in [6, 6.07) is 5.91. The molecule has 0 bridgehead atoms. The minimum absolute atomic E-state index is 0.287. The second-order valence-corrected chi connectivity index (χ2v) is 4.94. The van der Waals surface area contributed by atoms with Crippen LogP contribution in [0.1, 0.15) is 12.5 Å².